The van der Waals surface area contributed by atoms with Gasteiger partial charge in [0.25, 0.3) is 0 Å². The molecule has 35 heavy (non-hydrogen) atoms. The Labute approximate surface area is 201 Å². The average Bonchev–Trinajstić information content (AvgIpc) is 3.11. The molecule has 0 spiro atoms. The summed E-state index contributed by atoms with van der Waals surface area (Å²) in [5, 5.41) is 8.82. The van der Waals surface area contributed by atoms with Gasteiger partial charge in [-0.25, -0.2) is 4.98 Å². The van der Waals surface area contributed by atoms with E-state index in [1.165, 1.54) is 24.3 Å². The van der Waals surface area contributed by atoms with Crippen molar-refractivity contribution in [2.75, 3.05) is 6.61 Å². The molecule has 0 aliphatic heterocycles. The minimum Gasteiger partial charge on any atom is -0.493 e. The summed E-state index contributed by atoms with van der Waals surface area (Å²) in [5.74, 6) is 0.0744. The fraction of sp³-hybridized carbons (Fsp3) is 0.360. The fourth-order valence-corrected chi connectivity index (χ4v) is 3.69. The number of alkyl halides is 3. The molecule has 0 bridgehead atoms. The smallest absolute Gasteiger partial charge is 0.493 e. The fourth-order valence-electron chi connectivity index (χ4n) is 3.69. The summed E-state index contributed by atoms with van der Waals surface area (Å²) in [7, 11) is 0. The van der Waals surface area contributed by atoms with Gasteiger partial charge in [-0.3, -0.25) is 4.79 Å². The van der Waals surface area contributed by atoms with Crippen LogP contribution < -0.4 is 15.2 Å². The molecule has 0 unspecified atom stereocenters. The monoisotopic (exact) mass is 491 g/mol. The largest absolute Gasteiger partial charge is 0.573 e. The first-order valence-electron chi connectivity index (χ1n) is 11.1. The van der Waals surface area contributed by atoms with Crippen LogP contribution in [0.2, 0.25) is 0 Å². The lowest BCUT2D eigenvalue weighted by Gasteiger charge is -2.16. The molecule has 3 rings (SSSR count). The highest BCUT2D eigenvalue weighted by molar-refractivity contribution is 5.67. The van der Waals surface area contributed by atoms with Crippen LogP contribution >= 0.6 is 0 Å². The predicted octanol–water partition coefficient (Wildman–Crippen LogP) is 5.07. The molecule has 1 aromatic heterocycles. The molecule has 0 amide bonds. The van der Waals surface area contributed by atoms with Gasteiger partial charge >= 0.3 is 12.3 Å². The number of nitrogens with zero attached hydrogens (tertiary/aromatic N) is 2. The lowest BCUT2D eigenvalue weighted by Crippen LogP contribution is -2.24. The van der Waals surface area contributed by atoms with E-state index in [0.717, 1.165) is 16.8 Å². The zero-order chi connectivity index (χ0) is 25.6. The van der Waals surface area contributed by atoms with Crippen LogP contribution in [0, 0.1) is 13.8 Å². The van der Waals surface area contributed by atoms with Gasteiger partial charge in [-0.1, -0.05) is 17.7 Å². The van der Waals surface area contributed by atoms with Crippen LogP contribution in [-0.4, -0.2) is 39.6 Å². The van der Waals surface area contributed by atoms with Crippen LogP contribution in [0.3, 0.4) is 0 Å². The van der Waals surface area contributed by atoms with Crippen molar-refractivity contribution in [3.63, 3.8) is 0 Å². The Hall–Kier alpha value is -3.53. The number of ether oxygens (including phenoxy) is 2. The summed E-state index contributed by atoms with van der Waals surface area (Å²) < 4.78 is 49.3. The van der Waals surface area contributed by atoms with Crippen molar-refractivity contribution in [3.8, 4) is 22.9 Å². The lowest BCUT2D eigenvalue weighted by molar-refractivity contribution is -0.274. The van der Waals surface area contributed by atoms with E-state index in [-0.39, 0.29) is 12.2 Å². The quantitative estimate of drug-likeness (QED) is 0.363. The number of aromatic nitrogens is 2. The standard InChI is InChI=1S/C25H28F3N3O4/c1-16-5-10-22(34-11-3-4-20(29)13-23(32)33)19(12-16)15-31-17(2)14-30-24(31)18-6-8-21(9-7-18)35-25(26,27)28/h5-10,12,14,20H,3-4,11,13,15,29H2,1-2H3,(H,32,33)/t20-/m1/s1. The van der Waals surface area contributed by atoms with Gasteiger partial charge < -0.3 is 24.9 Å². The van der Waals surface area contributed by atoms with E-state index in [9.17, 15) is 18.0 Å². The second-order valence-electron chi connectivity index (χ2n) is 8.34. The average molecular weight is 492 g/mol. The molecule has 1 atom stereocenters. The molecule has 10 heteroatoms. The zero-order valence-corrected chi connectivity index (χ0v) is 19.5. The Morgan fingerprint density at radius 2 is 1.89 bits per heavy atom. The minimum absolute atomic E-state index is 0.0816. The number of carbonyl (C=O) groups is 1. The van der Waals surface area contributed by atoms with E-state index >= 15 is 0 Å². The van der Waals surface area contributed by atoms with Crippen LogP contribution in [0.1, 0.15) is 36.1 Å². The van der Waals surface area contributed by atoms with Gasteiger partial charge in [0.1, 0.15) is 17.3 Å². The number of benzene rings is 2. The van der Waals surface area contributed by atoms with Crippen molar-refractivity contribution in [1.29, 1.82) is 0 Å². The number of carboxylic acid groups (broad SMARTS) is 1. The van der Waals surface area contributed by atoms with Gasteiger partial charge in [-0.05, 0) is 57.0 Å². The molecule has 2 aromatic carbocycles. The number of carboxylic acids is 1. The van der Waals surface area contributed by atoms with E-state index in [4.69, 9.17) is 15.6 Å². The Morgan fingerprint density at radius 1 is 1.17 bits per heavy atom. The van der Waals surface area contributed by atoms with Gasteiger partial charge in [0.05, 0.1) is 19.6 Å². The summed E-state index contributed by atoms with van der Waals surface area (Å²) in [6.07, 6.45) is -1.98. The highest BCUT2D eigenvalue weighted by atomic mass is 19.4. The topological polar surface area (TPSA) is 99.6 Å². The molecule has 3 N–H and O–H groups in total. The number of rotatable bonds is 11. The molecular formula is C25H28F3N3O4. The molecule has 0 radical (unpaired) electrons. The molecule has 0 saturated carbocycles. The number of aliphatic carboxylic acids is 1. The first-order valence-corrected chi connectivity index (χ1v) is 11.1. The van der Waals surface area contributed by atoms with E-state index in [2.05, 4.69) is 9.72 Å². The Kier molecular flexibility index (Phi) is 8.39. The molecule has 0 fully saturated rings. The molecule has 7 nitrogen and oxygen atoms in total. The van der Waals surface area contributed by atoms with E-state index < -0.39 is 18.4 Å². The van der Waals surface area contributed by atoms with Crippen molar-refractivity contribution < 1.29 is 32.5 Å². The normalized spacial score (nSPS) is 12.4. The van der Waals surface area contributed by atoms with E-state index in [1.54, 1.807) is 6.20 Å². The van der Waals surface area contributed by atoms with Crippen molar-refractivity contribution in [3.05, 3.63) is 65.5 Å². The van der Waals surface area contributed by atoms with Crippen LogP contribution in [0.15, 0.2) is 48.7 Å². The first-order chi connectivity index (χ1) is 16.5. The Morgan fingerprint density at radius 3 is 2.54 bits per heavy atom. The van der Waals surface area contributed by atoms with E-state index in [1.807, 2.05) is 36.6 Å². The number of hydrogen-bond acceptors (Lipinski definition) is 5. The van der Waals surface area contributed by atoms with Crippen LogP contribution in [0.4, 0.5) is 13.2 Å². The maximum absolute atomic E-state index is 12.5. The molecule has 188 valence electrons. The highest BCUT2D eigenvalue weighted by Gasteiger charge is 2.31. The molecule has 0 aliphatic rings. The van der Waals surface area contributed by atoms with Gasteiger partial charge in [0, 0.05) is 29.1 Å². The van der Waals surface area contributed by atoms with Gasteiger partial charge in [0.2, 0.25) is 0 Å². The number of aryl methyl sites for hydroxylation is 2. The number of imidazole rings is 1. The summed E-state index contributed by atoms with van der Waals surface area (Å²) in [4.78, 5) is 15.2. The van der Waals surface area contributed by atoms with Crippen molar-refractivity contribution in [2.24, 2.45) is 5.73 Å². The number of hydrogen-bond donors (Lipinski definition) is 2. The molecule has 0 aliphatic carbocycles. The van der Waals surface area contributed by atoms with Crippen molar-refractivity contribution in [1.82, 2.24) is 9.55 Å². The predicted molar refractivity (Wildman–Crippen MR) is 124 cm³/mol. The van der Waals surface area contributed by atoms with Crippen LogP contribution in [0.5, 0.6) is 11.5 Å². The minimum atomic E-state index is -4.75. The number of halogens is 3. The van der Waals surface area contributed by atoms with Crippen LogP contribution in [-0.2, 0) is 11.3 Å². The van der Waals surface area contributed by atoms with Gasteiger partial charge in [-0.2, -0.15) is 0 Å². The first kappa shape index (κ1) is 26.1. The van der Waals surface area contributed by atoms with Crippen molar-refractivity contribution in [2.45, 2.75) is 52.1 Å². The highest BCUT2D eigenvalue weighted by Crippen LogP contribution is 2.29. The SMILES string of the molecule is Cc1ccc(OCCC[C@@H](N)CC(=O)O)c(Cn2c(C)cnc2-c2ccc(OC(F)(F)F)cc2)c1. The zero-order valence-electron chi connectivity index (χ0n) is 19.5. The van der Waals surface area contributed by atoms with Crippen molar-refractivity contribution >= 4 is 5.97 Å². The van der Waals surface area contributed by atoms with E-state index in [0.29, 0.717) is 43.1 Å². The summed E-state index contributed by atoms with van der Waals surface area (Å²) >= 11 is 0. The van der Waals surface area contributed by atoms with Gasteiger partial charge in [0.15, 0.2) is 0 Å². The van der Waals surface area contributed by atoms with Crippen LogP contribution in [0.25, 0.3) is 11.4 Å². The molecular weight excluding hydrogens is 463 g/mol. The summed E-state index contributed by atoms with van der Waals surface area (Å²) in [5.41, 5.74) is 9.30. The number of nitrogens with two attached hydrogens (primary N) is 1. The molecule has 0 saturated heterocycles. The Balaban J connectivity index is 1.74. The molecule has 3 aromatic rings. The second kappa shape index (κ2) is 11.3. The lowest BCUT2D eigenvalue weighted by atomic mass is 10.1. The summed E-state index contributed by atoms with van der Waals surface area (Å²) in [6.45, 7) is 4.70. The van der Waals surface area contributed by atoms with Gasteiger partial charge in [-0.15, -0.1) is 13.2 Å². The Bertz CT molecular complexity index is 1140. The third-order valence-electron chi connectivity index (χ3n) is 5.36. The molecule has 1 heterocycles. The maximum atomic E-state index is 12.5. The third-order valence-corrected chi connectivity index (χ3v) is 5.36. The third kappa shape index (κ3) is 7.74. The summed E-state index contributed by atoms with van der Waals surface area (Å²) in [6, 6.07) is 11.0. The maximum Gasteiger partial charge on any atom is 0.573 e. The second-order valence-corrected chi connectivity index (χ2v) is 8.34.